The van der Waals surface area contributed by atoms with Crippen molar-refractivity contribution >= 4 is 5.91 Å². The molecular weight excluding hydrogens is 244 g/mol. The second kappa shape index (κ2) is 5.15. The van der Waals surface area contributed by atoms with Gasteiger partial charge in [0.15, 0.2) is 5.82 Å². The molecule has 1 aliphatic rings. The molecule has 0 spiro atoms. The fourth-order valence-electron chi connectivity index (χ4n) is 2.14. The molecule has 3 rings (SSSR count). The quantitative estimate of drug-likeness (QED) is 0.718. The molecule has 98 valence electrons. The minimum atomic E-state index is -0.0666. The average molecular weight is 258 g/mol. The lowest BCUT2D eigenvalue weighted by Gasteiger charge is -2.11. The molecular formula is C12H14N6O. The van der Waals surface area contributed by atoms with Crippen molar-refractivity contribution < 1.29 is 4.79 Å². The summed E-state index contributed by atoms with van der Waals surface area (Å²) < 4.78 is 0. The lowest BCUT2D eigenvalue weighted by atomic mass is 10.1. The number of tetrazole rings is 1. The zero-order valence-electron chi connectivity index (χ0n) is 10.3. The second-order valence-electron chi connectivity index (χ2n) is 4.49. The maximum Gasteiger partial charge on any atom is 0.251 e. The van der Waals surface area contributed by atoms with Crippen molar-refractivity contribution in [2.75, 3.05) is 13.1 Å². The largest absolute Gasteiger partial charge is 0.348 e. The monoisotopic (exact) mass is 258 g/mol. The Morgan fingerprint density at radius 2 is 2.37 bits per heavy atom. The van der Waals surface area contributed by atoms with Crippen LogP contribution < -0.4 is 10.6 Å². The molecule has 1 aromatic heterocycles. The summed E-state index contributed by atoms with van der Waals surface area (Å²) in [7, 11) is 0. The lowest BCUT2D eigenvalue weighted by molar-refractivity contribution is 0.0940. The summed E-state index contributed by atoms with van der Waals surface area (Å²) >= 11 is 0. The van der Waals surface area contributed by atoms with E-state index in [0.29, 0.717) is 11.4 Å². The predicted molar refractivity (Wildman–Crippen MR) is 68.4 cm³/mol. The zero-order valence-corrected chi connectivity index (χ0v) is 10.3. The normalized spacial score (nSPS) is 18.4. The Labute approximate surface area is 109 Å². The fourth-order valence-corrected chi connectivity index (χ4v) is 2.14. The van der Waals surface area contributed by atoms with Crippen LogP contribution in [0.1, 0.15) is 16.8 Å². The van der Waals surface area contributed by atoms with E-state index in [1.54, 1.807) is 12.1 Å². The Morgan fingerprint density at radius 1 is 1.42 bits per heavy atom. The molecule has 7 nitrogen and oxygen atoms in total. The molecule has 1 amide bonds. The number of amides is 1. The Balaban J connectivity index is 1.77. The maximum atomic E-state index is 12.1. The summed E-state index contributed by atoms with van der Waals surface area (Å²) in [6.07, 6.45) is 0.970. The van der Waals surface area contributed by atoms with E-state index in [1.807, 2.05) is 12.1 Å². The second-order valence-corrected chi connectivity index (χ2v) is 4.49. The summed E-state index contributed by atoms with van der Waals surface area (Å²) in [6.45, 7) is 1.78. The highest BCUT2D eigenvalue weighted by atomic mass is 16.1. The third-order valence-electron chi connectivity index (χ3n) is 3.14. The standard InChI is InChI=1S/C12H14N6O/c19-12(14-10-4-5-13-7-10)9-3-1-2-8(6-9)11-15-17-18-16-11/h1-3,6,10,13H,4-5,7H2,(H,14,19)(H,15,16,17,18). The molecule has 1 atom stereocenters. The first-order valence-electron chi connectivity index (χ1n) is 6.18. The number of H-pyrrole nitrogens is 1. The first kappa shape index (κ1) is 11.8. The summed E-state index contributed by atoms with van der Waals surface area (Å²) in [6, 6.07) is 7.45. The third kappa shape index (κ3) is 2.60. The van der Waals surface area contributed by atoms with E-state index in [1.165, 1.54) is 0 Å². The summed E-state index contributed by atoms with van der Waals surface area (Å²) in [4.78, 5) is 12.1. The van der Waals surface area contributed by atoms with E-state index in [2.05, 4.69) is 31.3 Å². The average Bonchev–Trinajstić information content (AvgIpc) is 3.12. The van der Waals surface area contributed by atoms with Crippen LogP contribution in [0.15, 0.2) is 24.3 Å². The molecule has 1 aromatic carbocycles. The van der Waals surface area contributed by atoms with Crippen LogP contribution in [0.25, 0.3) is 11.4 Å². The minimum absolute atomic E-state index is 0.0666. The topological polar surface area (TPSA) is 95.6 Å². The number of hydrogen-bond acceptors (Lipinski definition) is 5. The summed E-state index contributed by atoms with van der Waals surface area (Å²) in [5.74, 6) is 0.486. The van der Waals surface area contributed by atoms with Gasteiger partial charge in [0, 0.05) is 23.7 Å². The van der Waals surface area contributed by atoms with Gasteiger partial charge in [-0.2, -0.15) is 0 Å². The Bertz CT molecular complexity index is 561. The Morgan fingerprint density at radius 3 is 3.11 bits per heavy atom. The van der Waals surface area contributed by atoms with Gasteiger partial charge < -0.3 is 10.6 Å². The van der Waals surface area contributed by atoms with Gasteiger partial charge in [0.1, 0.15) is 0 Å². The van der Waals surface area contributed by atoms with Gasteiger partial charge in [-0.3, -0.25) is 4.79 Å². The van der Waals surface area contributed by atoms with Gasteiger partial charge in [-0.05, 0) is 35.5 Å². The molecule has 7 heteroatoms. The number of aromatic amines is 1. The van der Waals surface area contributed by atoms with Crippen molar-refractivity contribution in [1.82, 2.24) is 31.3 Å². The van der Waals surface area contributed by atoms with Crippen LogP contribution in [0.4, 0.5) is 0 Å². The maximum absolute atomic E-state index is 12.1. The van der Waals surface area contributed by atoms with E-state index in [-0.39, 0.29) is 11.9 Å². The Hall–Kier alpha value is -2.28. The van der Waals surface area contributed by atoms with Crippen LogP contribution >= 0.6 is 0 Å². The highest BCUT2D eigenvalue weighted by Gasteiger charge is 2.17. The third-order valence-corrected chi connectivity index (χ3v) is 3.14. The molecule has 1 unspecified atom stereocenters. The molecule has 1 aliphatic heterocycles. The first-order valence-corrected chi connectivity index (χ1v) is 6.18. The van der Waals surface area contributed by atoms with Gasteiger partial charge >= 0.3 is 0 Å². The molecule has 2 aromatic rings. The molecule has 1 saturated heterocycles. The molecule has 3 N–H and O–H groups in total. The van der Waals surface area contributed by atoms with Crippen molar-refractivity contribution in [3.8, 4) is 11.4 Å². The van der Waals surface area contributed by atoms with Crippen LogP contribution in [0.3, 0.4) is 0 Å². The van der Waals surface area contributed by atoms with Gasteiger partial charge in [-0.15, -0.1) is 5.10 Å². The fraction of sp³-hybridized carbons (Fsp3) is 0.333. The molecule has 0 aliphatic carbocycles. The SMILES string of the molecule is O=C(NC1CCNC1)c1cccc(-c2nnn[nH]2)c1. The van der Waals surface area contributed by atoms with E-state index in [0.717, 1.165) is 25.1 Å². The van der Waals surface area contributed by atoms with Crippen molar-refractivity contribution in [3.63, 3.8) is 0 Å². The number of carbonyl (C=O) groups is 1. The van der Waals surface area contributed by atoms with Gasteiger partial charge in [-0.1, -0.05) is 12.1 Å². The van der Waals surface area contributed by atoms with E-state index in [9.17, 15) is 4.79 Å². The molecule has 0 bridgehead atoms. The smallest absolute Gasteiger partial charge is 0.251 e. The van der Waals surface area contributed by atoms with Gasteiger partial charge in [-0.25, -0.2) is 5.10 Å². The molecule has 1 fully saturated rings. The summed E-state index contributed by atoms with van der Waals surface area (Å²) in [5, 5.41) is 19.8. The predicted octanol–water partition coefficient (Wildman–Crippen LogP) is -0.0416. The number of benzene rings is 1. The van der Waals surface area contributed by atoms with Gasteiger partial charge in [0.2, 0.25) is 0 Å². The zero-order chi connectivity index (χ0) is 13.1. The molecule has 0 saturated carbocycles. The van der Waals surface area contributed by atoms with E-state index in [4.69, 9.17) is 0 Å². The van der Waals surface area contributed by atoms with Crippen LogP contribution in [-0.4, -0.2) is 45.7 Å². The van der Waals surface area contributed by atoms with Crippen molar-refractivity contribution in [2.24, 2.45) is 0 Å². The number of hydrogen-bond donors (Lipinski definition) is 3. The van der Waals surface area contributed by atoms with Crippen LogP contribution in [0.2, 0.25) is 0 Å². The number of nitrogens with one attached hydrogen (secondary N) is 3. The molecule has 0 radical (unpaired) electrons. The van der Waals surface area contributed by atoms with Crippen molar-refractivity contribution in [1.29, 1.82) is 0 Å². The van der Waals surface area contributed by atoms with Gasteiger partial charge in [0.05, 0.1) is 0 Å². The highest BCUT2D eigenvalue weighted by molar-refractivity contribution is 5.95. The number of aromatic nitrogens is 4. The Kier molecular flexibility index (Phi) is 3.20. The number of carbonyl (C=O) groups excluding carboxylic acids is 1. The van der Waals surface area contributed by atoms with Crippen LogP contribution in [0, 0.1) is 0 Å². The van der Waals surface area contributed by atoms with Crippen LogP contribution in [0.5, 0.6) is 0 Å². The number of rotatable bonds is 3. The van der Waals surface area contributed by atoms with E-state index < -0.39 is 0 Å². The summed E-state index contributed by atoms with van der Waals surface area (Å²) in [5.41, 5.74) is 1.41. The lowest BCUT2D eigenvalue weighted by Crippen LogP contribution is -2.36. The van der Waals surface area contributed by atoms with Crippen LogP contribution in [-0.2, 0) is 0 Å². The van der Waals surface area contributed by atoms with E-state index >= 15 is 0 Å². The van der Waals surface area contributed by atoms with Crippen molar-refractivity contribution in [2.45, 2.75) is 12.5 Å². The molecule has 19 heavy (non-hydrogen) atoms. The van der Waals surface area contributed by atoms with Gasteiger partial charge in [0.25, 0.3) is 5.91 Å². The number of nitrogens with zero attached hydrogens (tertiary/aromatic N) is 3. The highest BCUT2D eigenvalue weighted by Crippen LogP contribution is 2.15. The molecule has 2 heterocycles. The minimum Gasteiger partial charge on any atom is -0.348 e. The van der Waals surface area contributed by atoms with Crippen molar-refractivity contribution in [3.05, 3.63) is 29.8 Å². The first-order chi connectivity index (χ1) is 9.33.